The van der Waals surface area contributed by atoms with E-state index in [1.165, 1.54) is 0 Å². The van der Waals surface area contributed by atoms with E-state index in [0.717, 1.165) is 47.7 Å². The highest BCUT2D eigenvalue weighted by atomic mass is 16.3. The third kappa shape index (κ3) is 4.10. The fourth-order valence-corrected chi connectivity index (χ4v) is 4.97. The Labute approximate surface area is 192 Å². The van der Waals surface area contributed by atoms with Crippen molar-refractivity contribution < 1.29 is 9.21 Å². The van der Waals surface area contributed by atoms with Crippen LogP contribution in [0.2, 0.25) is 0 Å². The summed E-state index contributed by atoms with van der Waals surface area (Å²) in [4.78, 5) is 22.9. The number of aromatic amines is 1. The number of amides is 1. The van der Waals surface area contributed by atoms with E-state index < -0.39 is 0 Å². The Morgan fingerprint density at radius 3 is 2.88 bits per heavy atom. The molecule has 0 radical (unpaired) electrons. The van der Waals surface area contributed by atoms with Gasteiger partial charge < -0.3 is 19.6 Å². The van der Waals surface area contributed by atoms with E-state index in [2.05, 4.69) is 21.4 Å². The Bertz CT molecular complexity index is 1300. The normalized spacial score (nSPS) is 18.4. The van der Waals surface area contributed by atoms with Crippen LogP contribution in [-0.2, 0) is 6.54 Å². The molecule has 1 amide bonds. The first-order chi connectivity index (χ1) is 16.2. The van der Waals surface area contributed by atoms with Gasteiger partial charge >= 0.3 is 0 Å². The molecule has 2 aromatic carbocycles. The predicted octanol–water partition coefficient (Wildman–Crippen LogP) is 4.74. The number of aromatic nitrogens is 2. The van der Waals surface area contributed by atoms with Gasteiger partial charge in [-0.25, -0.2) is 4.98 Å². The van der Waals surface area contributed by atoms with Crippen LogP contribution < -0.4 is 5.32 Å². The van der Waals surface area contributed by atoms with Gasteiger partial charge in [0.15, 0.2) is 5.82 Å². The summed E-state index contributed by atoms with van der Waals surface area (Å²) < 4.78 is 5.94. The molecule has 168 valence electrons. The van der Waals surface area contributed by atoms with Crippen LogP contribution in [0.5, 0.6) is 0 Å². The number of hydrogen-bond acceptors (Lipinski definition) is 5. The molecule has 33 heavy (non-hydrogen) atoms. The van der Waals surface area contributed by atoms with E-state index in [-0.39, 0.29) is 18.0 Å². The number of furan rings is 1. The summed E-state index contributed by atoms with van der Waals surface area (Å²) in [5.74, 6) is 1.02. The molecule has 0 aliphatic heterocycles. The number of hydrogen-bond donors (Lipinski definition) is 2. The van der Waals surface area contributed by atoms with Gasteiger partial charge in [0, 0.05) is 24.0 Å². The zero-order chi connectivity index (χ0) is 22.8. The number of para-hydroxylation sites is 3. The molecule has 1 saturated carbocycles. The number of H-pyrrole nitrogens is 1. The molecular weight excluding hydrogens is 414 g/mol. The van der Waals surface area contributed by atoms with Gasteiger partial charge in [-0.2, -0.15) is 5.26 Å². The summed E-state index contributed by atoms with van der Waals surface area (Å²) in [7, 11) is 0. The van der Waals surface area contributed by atoms with Crippen LogP contribution in [0.4, 0.5) is 0 Å². The smallest absolute Gasteiger partial charge is 0.289 e. The standard InChI is InChI=1S/C26H27N5O2/c1-2-31(26(32)25-29-21-11-4-5-12-22(21)30-25)18-9-7-8-17(14-18)28-16-24-20(15-27)19-10-3-6-13-23(19)33-24/h3-6,10-13,17-18,28H,2,7-9,14,16H2,1H3,(H,29,30)/t17-,18+/m1/s1. The van der Waals surface area contributed by atoms with Crippen molar-refractivity contribution in [2.45, 2.75) is 51.2 Å². The third-order valence-electron chi connectivity index (χ3n) is 6.61. The molecule has 7 nitrogen and oxygen atoms in total. The molecule has 4 aromatic rings. The minimum Gasteiger partial charge on any atom is -0.458 e. The fourth-order valence-electron chi connectivity index (χ4n) is 4.97. The Kier molecular flexibility index (Phi) is 5.84. The summed E-state index contributed by atoms with van der Waals surface area (Å²) in [5, 5.41) is 14.1. The number of fused-ring (bicyclic) bond motifs is 2. The number of nitrogens with zero attached hydrogens (tertiary/aromatic N) is 3. The molecule has 7 heteroatoms. The molecule has 2 heterocycles. The van der Waals surface area contributed by atoms with Gasteiger partial charge in [-0.3, -0.25) is 4.79 Å². The molecule has 5 rings (SSSR count). The molecule has 2 aromatic heterocycles. The van der Waals surface area contributed by atoms with Gasteiger partial charge in [-0.05, 0) is 56.9 Å². The van der Waals surface area contributed by atoms with Crippen LogP contribution in [0.15, 0.2) is 52.9 Å². The van der Waals surface area contributed by atoms with Crippen LogP contribution >= 0.6 is 0 Å². The van der Waals surface area contributed by atoms with Crippen molar-refractivity contribution in [3.05, 3.63) is 65.7 Å². The van der Waals surface area contributed by atoms with Gasteiger partial charge in [0.25, 0.3) is 5.91 Å². The largest absolute Gasteiger partial charge is 0.458 e. The summed E-state index contributed by atoms with van der Waals surface area (Å²) in [6.07, 6.45) is 3.92. The number of imidazole rings is 1. The second kappa shape index (κ2) is 9.08. The van der Waals surface area contributed by atoms with Crippen LogP contribution in [0, 0.1) is 11.3 Å². The van der Waals surface area contributed by atoms with E-state index in [1.807, 2.05) is 60.4 Å². The topological polar surface area (TPSA) is 97.9 Å². The molecular formula is C26H27N5O2. The Morgan fingerprint density at radius 1 is 1.24 bits per heavy atom. The Morgan fingerprint density at radius 2 is 2.06 bits per heavy atom. The molecule has 2 N–H and O–H groups in total. The number of carbonyl (C=O) groups excluding carboxylic acids is 1. The lowest BCUT2D eigenvalue weighted by atomic mass is 9.89. The van der Waals surface area contributed by atoms with Crippen LogP contribution in [0.25, 0.3) is 22.0 Å². The number of carbonyl (C=O) groups is 1. The van der Waals surface area contributed by atoms with Crippen molar-refractivity contribution in [2.24, 2.45) is 0 Å². The van der Waals surface area contributed by atoms with Crippen molar-refractivity contribution in [1.82, 2.24) is 20.2 Å². The molecule has 2 atom stereocenters. The van der Waals surface area contributed by atoms with Crippen LogP contribution in [0.1, 0.15) is 54.5 Å². The summed E-state index contributed by atoms with van der Waals surface area (Å²) in [6.45, 7) is 3.15. The second-order valence-electron chi connectivity index (χ2n) is 8.60. The van der Waals surface area contributed by atoms with E-state index in [0.29, 0.717) is 30.2 Å². The van der Waals surface area contributed by atoms with Gasteiger partial charge in [0.2, 0.25) is 0 Å². The number of nitrogens with one attached hydrogen (secondary N) is 2. The van der Waals surface area contributed by atoms with Crippen molar-refractivity contribution in [1.29, 1.82) is 5.26 Å². The zero-order valence-electron chi connectivity index (χ0n) is 18.7. The number of nitriles is 1. The summed E-state index contributed by atoms with van der Waals surface area (Å²) >= 11 is 0. The maximum Gasteiger partial charge on any atom is 0.289 e. The SMILES string of the molecule is CCN(C(=O)c1nc2ccccc2[nH]1)[C@H]1CCC[C@@H](NCc2oc3ccccc3c2C#N)C1. The van der Waals surface area contributed by atoms with Crippen LogP contribution in [-0.4, -0.2) is 39.4 Å². The number of rotatable bonds is 6. The fraction of sp³-hybridized carbons (Fsp3) is 0.346. The lowest BCUT2D eigenvalue weighted by Crippen LogP contribution is -2.47. The second-order valence-corrected chi connectivity index (χ2v) is 8.60. The van der Waals surface area contributed by atoms with Crippen molar-refractivity contribution in [3.63, 3.8) is 0 Å². The Balaban J connectivity index is 1.28. The molecule has 0 saturated heterocycles. The van der Waals surface area contributed by atoms with Gasteiger partial charge in [0.05, 0.1) is 17.6 Å². The predicted molar refractivity (Wildman–Crippen MR) is 127 cm³/mol. The maximum absolute atomic E-state index is 13.3. The monoisotopic (exact) mass is 441 g/mol. The quantitative estimate of drug-likeness (QED) is 0.450. The molecule has 1 aliphatic carbocycles. The third-order valence-corrected chi connectivity index (χ3v) is 6.61. The highest BCUT2D eigenvalue weighted by molar-refractivity contribution is 5.94. The van der Waals surface area contributed by atoms with Crippen LogP contribution in [0.3, 0.4) is 0 Å². The van der Waals surface area contributed by atoms with Gasteiger partial charge in [0.1, 0.15) is 23.0 Å². The first-order valence-corrected chi connectivity index (χ1v) is 11.6. The van der Waals surface area contributed by atoms with E-state index in [4.69, 9.17) is 4.42 Å². The molecule has 1 fully saturated rings. The lowest BCUT2D eigenvalue weighted by Gasteiger charge is -2.37. The molecule has 0 spiro atoms. The lowest BCUT2D eigenvalue weighted by molar-refractivity contribution is 0.0616. The summed E-state index contributed by atoms with van der Waals surface area (Å²) in [6, 6.07) is 18.0. The Hall–Kier alpha value is -3.63. The van der Waals surface area contributed by atoms with Gasteiger partial charge in [-0.1, -0.05) is 24.3 Å². The van der Waals surface area contributed by atoms with E-state index in [9.17, 15) is 10.1 Å². The highest BCUT2D eigenvalue weighted by Crippen LogP contribution is 2.27. The first kappa shape index (κ1) is 21.2. The average Bonchev–Trinajstić information content (AvgIpc) is 3.44. The molecule has 0 bridgehead atoms. The van der Waals surface area contributed by atoms with Crippen molar-refractivity contribution in [2.75, 3.05) is 6.54 Å². The maximum atomic E-state index is 13.3. The zero-order valence-corrected chi connectivity index (χ0v) is 18.7. The van der Waals surface area contributed by atoms with E-state index >= 15 is 0 Å². The molecule has 0 unspecified atom stereocenters. The number of benzene rings is 2. The van der Waals surface area contributed by atoms with Crippen molar-refractivity contribution >= 4 is 27.9 Å². The minimum absolute atomic E-state index is 0.0524. The van der Waals surface area contributed by atoms with Gasteiger partial charge in [-0.15, -0.1) is 0 Å². The first-order valence-electron chi connectivity index (χ1n) is 11.6. The minimum atomic E-state index is -0.0524. The average molecular weight is 442 g/mol. The summed E-state index contributed by atoms with van der Waals surface area (Å²) in [5.41, 5.74) is 3.01. The van der Waals surface area contributed by atoms with E-state index in [1.54, 1.807) is 0 Å². The van der Waals surface area contributed by atoms with Crippen molar-refractivity contribution in [3.8, 4) is 6.07 Å². The molecule has 1 aliphatic rings. The highest BCUT2D eigenvalue weighted by Gasteiger charge is 2.30.